The molecule has 0 spiro atoms. The Labute approximate surface area is 177 Å². The van der Waals surface area contributed by atoms with Crippen molar-refractivity contribution >= 4 is 33.2 Å². The normalized spacial score (nSPS) is 22.5. The summed E-state index contributed by atoms with van der Waals surface area (Å²) >= 11 is 6.28. The highest BCUT2D eigenvalue weighted by atomic mass is 35.5. The molecule has 2 heterocycles. The number of rotatable bonds is 3. The molecule has 0 bridgehead atoms. The highest BCUT2D eigenvalue weighted by molar-refractivity contribution is 7.89. The molecule has 4 rings (SSSR count). The monoisotopic (exact) mass is 432 g/mol. The van der Waals surface area contributed by atoms with Gasteiger partial charge in [-0.25, -0.2) is 8.42 Å². The van der Waals surface area contributed by atoms with Gasteiger partial charge in [-0.15, -0.1) is 0 Å². The number of fused-ring (bicyclic) bond motifs is 1. The second kappa shape index (κ2) is 7.74. The number of amides is 1. The van der Waals surface area contributed by atoms with Crippen molar-refractivity contribution in [3.8, 4) is 0 Å². The van der Waals surface area contributed by atoms with Gasteiger partial charge < -0.3 is 4.90 Å². The van der Waals surface area contributed by atoms with E-state index in [4.69, 9.17) is 11.6 Å². The molecule has 1 saturated heterocycles. The summed E-state index contributed by atoms with van der Waals surface area (Å²) in [5.74, 6) is 0.103. The fourth-order valence-electron chi connectivity index (χ4n) is 4.35. The van der Waals surface area contributed by atoms with Gasteiger partial charge in [-0.3, -0.25) is 4.79 Å². The lowest BCUT2D eigenvalue weighted by Gasteiger charge is -2.30. The molecule has 7 heteroatoms. The third kappa shape index (κ3) is 3.69. The maximum Gasteiger partial charge on any atom is 0.258 e. The van der Waals surface area contributed by atoms with Gasteiger partial charge in [-0.2, -0.15) is 4.31 Å². The van der Waals surface area contributed by atoms with Crippen molar-refractivity contribution in [3.63, 3.8) is 0 Å². The SMILES string of the molecule is C[C@H]1CCCN(S(=O)(=O)c2cc(C(=O)N3c4ccccc4C[C@H]3C)ccc2Cl)C1. The highest BCUT2D eigenvalue weighted by Gasteiger charge is 2.34. The molecule has 2 aromatic rings. The summed E-state index contributed by atoms with van der Waals surface area (Å²) in [4.78, 5) is 15.1. The number of hydrogen-bond acceptors (Lipinski definition) is 3. The molecule has 0 aromatic heterocycles. The van der Waals surface area contributed by atoms with Crippen LogP contribution in [0.1, 0.15) is 42.6 Å². The van der Waals surface area contributed by atoms with E-state index in [0.29, 0.717) is 24.6 Å². The number of nitrogens with zero attached hydrogens (tertiary/aromatic N) is 2. The number of piperidine rings is 1. The minimum absolute atomic E-state index is 0.0126. The van der Waals surface area contributed by atoms with Crippen molar-refractivity contribution in [2.75, 3.05) is 18.0 Å². The first-order chi connectivity index (χ1) is 13.8. The minimum Gasteiger partial charge on any atom is -0.305 e. The fraction of sp³-hybridized carbons (Fsp3) is 0.409. The summed E-state index contributed by atoms with van der Waals surface area (Å²) < 4.78 is 27.9. The van der Waals surface area contributed by atoms with Gasteiger partial charge in [0, 0.05) is 30.4 Å². The third-order valence-electron chi connectivity index (χ3n) is 5.84. The van der Waals surface area contributed by atoms with Gasteiger partial charge in [0.1, 0.15) is 4.90 Å². The van der Waals surface area contributed by atoms with Crippen LogP contribution < -0.4 is 4.90 Å². The van der Waals surface area contributed by atoms with Crippen LogP contribution in [0.4, 0.5) is 5.69 Å². The summed E-state index contributed by atoms with van der Waals surface area (Å²) in [6, 6.07) is 12.4. The van der Waals surface area contributed by atoms with Crippen molar-refractivity contribution in [1.29, 1.82) is 0 Å². The lowest BCUT2D eigenvalue weighted by Crippen LogP contribution is -2.39. The largest absolute Gasteiger partial charge is 0.305 e. The van der Waals surface area contributed by atoms with Crippen LogP contribution in [0.3, 0.4) is 0 Å². The number of carbonyl (C=O) groups is 1. The minimum atomic E-state index is -3.75. The lowest BCUT2D eigenvalue weighted by molar-refractivity contribution is 0.0981. The molecule has 0 radical (unpaired) electrons. The number of carbonyl (C=O) groups excluding carboxylic acids is 1. The van der Waals surface area contributed by atoms with Gasteiger partial charge in [0.15, 0.2) is 0 Å². The van der Waals surface area contributed by atoms with Crippen LogP contribution in [0.2, 0.25) is 5.02 Å². The smallest absolute Gasteiger partial charge is 0.258 e. The Morgan fingerprint density at radius 1 is 1.14 bits per heavy atom. The first kappa shape index (κ1) is 20.4. The van der Waals surface area contributed by atoms with Gasteiger partial charge in [0.25, 0.3) is 5.91 Å². The summed E-state index contributed by atoms with van der Waals surface area (Å²) in [5.41, 5.74) is 2.34. The summed E-state index contributed by atoms with van der Waals surface area (Å²) in [5, 5.41) is 0.148. The number of anilines is 1. The second-order valence-electron chi connectivity index (χ2n) is 8.11. The third-order valence-corrected chi connectivity index (χ3v) is 8.19. The van der Waals surface area contributed by atoms with Crippen LogP contribution in [-0.4, -0.2) is 37.8 Å². The van der Waals surface area contributed by atoms with E-state index < -0.39 is 10.0 Å². The average molecular weight is 433 g/mol. The molecule has 2 aliphatic rings. The standard InChI is InChI=1S/C22H25ClN2O3S/c1-15-6-5-11-24(14-15)29(27,28)21-13-18(9-10-19(21)23)22(26)25-16(2)12-17-7-3-4-8-20(17)25/h3-4,7-10,13,15-16H,5-6,11-12,14H2,1-2H3/t15-,16+/m0/s1. The Hall–Kier alpha value is -1.89. The van der Waals surface area contributed by atoms with Crippen LogP contribution >= 0.6 is 11.6 Å². The Morgan fingerprint density at radius 2 is 1.90 bits per heavy atom. The van der Waals surface area contributed by atoms with Gasteiger partial charge in [-0.05, 0) is 61.9 Å². The predicted octanol–water partition coefficient (Wildman–Crippen LogP) is 4.35. The van der Waals surface area contributed by atoms with Crippen LogP contribution in [0.5, 0.6) is 0 Å². The first-order valence-electron chi connectivity index (χ1n) is 10.00. The van der Waals surface area contributed by atoms with Crippen LogP contribution in [0.25, 0.3) is 0 Å². The molecule has 5 nitrogen and oxygen atoms in total. The molecule has 2 atom stereocenters. The van der Waals surface area contributed by atoms with Crippen molar-refractivity contribution in [1.82, 2.24) is 4.31 Å². The van der Waals surface area contributed by atoms with Crippen molar-refractivity contribution in [2.24, 2.45) is 5.92 Å². The zero-order valence-corrected chi connectivity index (χ0v) is 18.2. The molecule has 29 heavy (non-hydrogen) atoms. The molecule has 0 N–H and O–H groups in total. The van der Waals surface area contributed by atoms with E-state index >= 15 is 0 Å². The quantitative estimate of drug-likeness (QED) is 0.724. The van der Waals surface area contributed by atoms with E-state index in [0.717, 1.165) is 30.5 Å². The maximum atomic E-state index is 13.3. The van der Waals surface area contributed by atoms with Gasteiger partial charge in [0.05, 0.1) is 5.02 Å². The molecule has 1 amide bonds. The molecular formula is C22H25ClN2O3S. The maximum absolute atomic E-state index is 13.3. The average Bonchev–Trinajstić information content (AvgIpc) is 3.03. The van der Waals surface area contributed by atoms with Crippen LogP contribution in [-0.2, 0) is 16.4 Å². The highest BCUT2D eigenvalue weighted by Crippen LogP contribution is 2.34. The first-order valence-corrected chi connectivity index (χ1v) is 11.8. The van der Waals surface area contributed by atoms with Crippen LogP contribution in [0, 0.1) is 5.92 Å². The predicted molar refractivity (Wildman–Crippen MR) is 115 cm³/mol. The fourth-order valence-corrected chi connectivity index (χ4v) is 6.45. The van der Waals surface area contributed by atoms with E-state index in [1.165, 1.54) is 16.4 Å². The second-order valence-corrected chi connectivity index (χ2v) is 10.4. The van der Waals surface area contributed by atoms with E-state index in [9.17, 15) is 13.2 Å². The Bertz CT molecular complexity index is 1050. The van der Waals surface area contributed by atoms with E-state index in [1.54, 1.807) is 11.0 Å². The number of benzene rings is 2. The topological polar surface area (TPSA) is 57.7 Å². The number of para-hydroxylation sites is 1. The zero-order valence-electron chi connectivity index (χ0n) is 16.6. The van der Waals surface area contributed by atoms with Crippen molar-refractivity contribution in [3.05, 3.63) is 58.6 Å². The Morgan fingerprint density at radius 3 is 2.66 bits per heavy atom. The lowest BCUT2D eigenvalue weighted by atomic mass is 10.0. The molecule has 0 saturated carbocycles. The molecular weight excluding hydrogens is 408 g/mol. The summed E-state index contributed by atoms with van der Waals surface area (Å²) in [7, 11) is -3.75. The number of sulfonamides is 1. The zero-order chi connectivity index (χ0) is 20.8. The summed E-state index contributed by atoms with van der Waals surface area (Å²) in [6.45, 7) is 5.01. The number of halogens is 1. The Balaban J connectivity index is 1.70. The molecule has 0 aliphatic carbocycles. The van der Waals surface area contributed by atoms with Crippen LogP contribution in [0.15, 0.2) is 47.4 Å². The van der Waals surface area contributed by atoms with E-state index in [2.05, 4.69) is 6.92 Å². The molecule has 154 valence electrons. The molecule has 2 aromatic carbocycles. The van der Waals surface area contributed by atoms with Crippen molar-refractivity contribution in [2.45, 2.75) is 44.0 Å². The van der Waals surface area contributed by atoms with E-state index in [-0.39, 0.29) is 21.9 Å². The summed E-state index contributed by atoms with van der Waals surface area (Å²) in [6.07, 6.45) is 2.63. The molecule has 2 aliphatic heterocycles. The number of hydrogen-bond donors (Lipinski definition) is 0. The van der Waals surface area contributed by atoms with Gasteiger partial charge in [-0.1, -0.05) is 36.7 Å². The molecule has 0 unspecified atom stereocenters. The van der Waals surface area contributed by atoms with E-state index in [1.807, 2.05) is 31.2 Å². The molecule has 1 fully saturated rings. The van der Waals surface area contributed by atoms with Gasteiger partial charge in [0.2, 0.25) is 10.0 Å². The van der Waals surface area contributed by atoms with Gasteiger partial charge >= 0.3 is 0 Å². The Kier molecular flexibility index (Phi) is 5.44. The van der Waals surface area contributed by atoms with Crippen molar-refractivity contribution < 1.29 is 13.2 Å².